The molecule has 2 atom stereocenters. The molecule has 138 valence electrons. The monoisotopic (exact) mass is 352 g/mol. The van der Waals surface area contributed by atoms with Crippen LogP contribution in [0.4, 0.5) is 5.69 Å². The van der Waals surface area contributed by atoms with Crippen LogP contribution in [0.1, 0.15) is 73.4 Å². The highest BCUT2D eigenvalue weighted by Gasteiger charge is 2.31. The molecule has 2 aliphatic rings. The summed E-state index contributed by atoms with van der Waals surface area (Å²) in [7, 11) is 0. The third-order valence-electron chi connectivity index (χ3n) is 5.43. The Morgan fingerprint density at radius 3 is 2.92 bits per heavy atom. The van der Waals surface area contributed by atoms with Crippen molar-refractivity contribution < 1.29 is 14.1 Å². The highest BCUT2D eigenvalue weighted by atomic mass is 16.5. The van der Waals surface area contributed by atoms with Gasteiger partial charge in [0.25, 0.3) is 0 Å². The van der Waals surface area contributed by atoms with Crippen LogP contribution >= 0.6 is 0 Å². The predicted molar refractivity (Wildman–Crippen MR) is 108 cm³/mol. The number of benzene rings is 1. The number of rotatable bonds is 6. The Kier molecular flexibility index (Phi) is 6.20. The van der Waals surface area contributed by atoms with E-state index in [9.17, 15) is 4.79 Å². The van der Waals surface area contributed by atoms with Gasteiger partial charge in [0.2, 0.25) is 5.69 Å². The van der Waals surface area contributed by atoms with Crippen LogP contribution in [0.15, 0.2) is 30.4 Å². The van der Waals surface area contributed by atoms with Crippen molar-refractivity contribution in [1.29, 1.82) is 0 Å². The molecule has 3 heteroatoms. The van der Waals surface area contributed by atoms with Gasteiger partial charge in [-0.25, -0.2) is 0 Å². The van der Waals surface area contributed by atoms with Crippen molar-refractivity contribution in [3.63, 3.8) is 0 Å². The van der Waals surface area contributed by atoms with Gasteiger partial charge in [-0.1, -0.05) is 44.6 Å². The first-order valence-corrected chi connectivity index (χ1v) is 9.83. The van der Waals surface area contributed by atoms with Crippen LogP contribution < -0.4 is 0 Å². The van der Waals surface area contributed by atoms with Gasteiger partial charge < -0.3 is 4.74 Å². The molecule has 0 spiro atoms. The zero-order valence-electron chi connectivity index (χ0n) is 16.0. The van der Waals surface area contributed by atoms with Crippen molar-refractivity contribution in [1.82, 2.24) is 0 Å². The van der Waals surface area contributed by atoms with E-state index in [-0.39, 0.29) is 11.8 Å². The first-order valence-electron chi connectivity index (χ1n) is 9.83. The standard InChI is InChI=1S/C23H30NO2/c1-4-5-11-22(25)19-14-18-10-8-6-7-9-17(2)23(18)21(15-19)24(3)20-12-13-26-16-20/h6-8,10,14-15,17,20H,3-5,9,11-13,16H2,1-2H3/q+1/b7-6+,10-8-. The summed E-state index contributed by atoms with van der Waals surface area (Å²) in [6.07, 6.45) is 13.0. The Labute approximate surface area is 157 Å². The smallest absolute Gasteiger partial charge is 0.209 e. The summed E-state index contributed by atoms with van der Waals surface area (Å²) in [5, 5.41) is 0. The molecule has 2 unspecified atom stereocenters. The molecule has 1 aromatic carbocycles. The largest absolute Gasteiger partial charge is 0.374 e. The van der Waals surface area contributed by atoms with E-state index in [1.807, 2.05) is 0 Å². The van der Waals surface area contributed by atoms with Crippen molar-refractivity contribution in [2.24, 2.45) is 0 Å². The summed E-state index contributed by atoms with van der Waals surface area (Å²) in [6.45, 7) is 10.2. The van der Waals surface area contributed by atoms with Crippen LogP contribution in [0.25, 0.3) is 6.08 Å². The molecular formula is C23H30NO2+. The van der Waals surface area contributed by atoms with Crippen molar-refractivity contribution in [2.75, 3.05) is 13.2 Å². The first-order chi connectivity index (χ1) is 12.6. The van der Waals surface area contributed by atoms with E-state index in [1.165, 1.54) is 5.56 Å². The number of hydrogen-bond donors (Lipinski definition) is 0. The zero-order chi connectivity index (χ0) is 18.5. The molecule has 0 bridgehead atoms. The van der Waals surface area contributed by atoms with Gasteiger partial charge in [0.05, 0.1) is 6.61 Å². The van der Waals surface area contributed by atoms with Crippen LogP contribution in [-0.4, -0.2) is 36.3 Å². The second-order valence-corrected chi connectivity index (χ2v) is 7.44. The number of carbonyl (C=O) groups is 1. The van der Waals surface area contributed by atoms with Crippen molar-refractivity contribution >= 4 is 24.3 Å². The molecule has 1 aliphatic carbocycles. The summed E-state index contributed by atoms with van der Waals surface area (Å²) in [5.74, 6) is 0.609. The third-order valence-corrected chi connectivity index (χ3v) is 5.43. The van der Waals surface area contributed by atoms with E-state index in [0.717, 1.165) is 49.1 Å². The Morgan fingerprint density at radius 2 is 2.19 bits per heavy atom. The number of Topliss-reactive ketones (excluding diaryl/α,β-unsaturated/α-hetero) is 1. The fourth-order valence-corrected chi connectivity index (χ4v) is 3.82. The second-order valence-electron chi connectivity index (χ2n) is 7.44. The van der Waals surface area contributed by atoms with Crippen LogP contribution in [0, 0.1) is 0 Å². The fourth-order valence-electron chi connectivity index (χ4n) is 3.82. The molecular weight excluding hydrogens is 322 g/mol. The summed E-state index contributed by atoms with van der Waals surface area (Å²) < 4.78 is 7.67. The molecule has 0 radical (unpaired) electrons. The van der Waals surface area contributed by atoms with Gasteiger partial charge in [0.1, 0.15) is 13.3 Å². The summed E-state index contributed by atoms with van der Waals surface area (Å²) in [6, 6.07) is 4.41. The minimum Gasteiger partial charge on any atom is -0.374 e. The highest BCUT2D eigenvalue weighted by Crippen LogP contribution is 2.37. The van der Waals surface area contributed by atoms with Gasteiger partial charge in [-0.3, -0.25) is 4.79 Å². The van der Waals surface area contributed by atoms with E-state index in [2.05, 4.69) is 61.6 Å². The Bertz CT molecular complexity index is 739. The van der Waals surface area contributed by atoms with Crippen molar-refractivity contribution in [3.8, 4) is 0 Å². The average Bonchev–Trinajstić information content (AvgIpc) is 3.17. The normalized spacial score (nSPS) is 24.4. The minimum absolute atomic E-state index is 0.227. The van der Waals surface area contributed by atoms with Crippen LogP contribution in [-0.2, 0) is 4.74 Å². The maximum absolute atomic E-state index is 12.7. The van der Waals surface area contributed by atoms with E-state index in [0.29, 0.717) is 18.9 Å². The number of allylic oxidation sites excluding steroid dienone is 3. The lowest BCUT2D eigenvalue weighted by Crippen LogP contribution is -2.23. The van der Waals surface area contributed by atoms with Crippen LogP contribution in [0.2, 0.25) is 0 Å². The van der Waals surface area contributed by atoms with E-state index in [1.54, 1.807) is 0 Å². The molecule has 3 rings (SSSR count). The Balaban J connectivity index is 2.08. The molecule has 0 amide bonds. The van der Waals surface area contributed by atoms with Crippen LogP contribution in [0.5, 0.6) is 0 Å². The molecule has 0 aromatic heterocycles. The highest BCUT2D eigenvalue weighted by molar-refractivity contribution is 5.97. The summed E-state index contributed by atoms with van der Waals surface area (Å²) >= 11 is 0. The summed E-state index contributed by atoms with van der Waals surface area (Å²) in [5.41, 5.74) is 4.33. The van der Waals surface area contributed by atoms with Gasteiger partial charge in [0, 0.05) is 30.0 Å². The van der Waals surface area contributed by atoms with Gasteiger partial charge >= 0.3 is 0 Å². The molecule has 1 fully saturated rings. The lowest BCUT2D eigenvalue weighted by atomic mass is 9.87. The maximum atomic E-state index is 12.7. The van der Waals surface area contributed by atoms with E-state index in [4.69, 9.17) is 4.74 Å². The molecule has 1 saturated heterocycles. The minimum atomic E-state index is 0.227. The van der Waals surface area contributed by atoms with Gasteiger partial charge in [-0.15, -0.1) is 0 Å². The number of carbonyl (C=O) groups excluding carboxylic acids is 1. The van der Waals surface area contributed by atoms with Gasteiger partial charge in [-0.05, 0) is 30.4 Å². The Hall–Kier alpha value is -2.00. The number of unbranched alkanes of at least 4 members (excludes halogenated alkanes) is 1. The van der Waals surface area contributed by atoms with Crippen LogP contribution in [0.3, 0.4) is 0 Å². The third kappa shape index (κ3) is 4.04. The average molecular weight is 352 g/mol. The molecule has 1 heterocycles. The molecule has 26 heavy (non-hydrogen) atoms. The molecule has 1 aliphatic heterocycles. The number of ether oxygens (including phenoxy) is 1. The number of nitrogens with zero attached hydrogens (tertiary/aromatic N) is 1. The number of hydrogen-bond acceptors (Lipinski definition) is 2. The topological polar surface area (TPSA) is 29.3 Å². The SMILES string of the molecule is C=[N+](c1cc(C(=O)CCCC)cc2c1C(C)C/C=C/C=C\2)C1CCOC1. The van der Waals surface area contributed by atoms with Crippen molar-refractivity contribution in [3.05, 3.63) is 47.1 Å². The second kappa shape index (κ2) is 8.59. The van der Waals surface area contributed by atoms with Gasteiger partial charge in [0.15, 0.2) is 11.8 Å². The van der Waals surface area contributed by atoms with Crippen molar-refractivity contribution in [2.45, 2.75) is 57.9 Å². The molecule has 1 aromatic rings. The lowest BCUT2D eigenvalue weighted by Gasteiger charge is -2.20. The molecule has 3 nitrogen and oxygen atoms in total. The summed E-state index contributed by atoms with van der Waals surface area (Å²) in [4.78, 5) is 12.7. The maximum Gasteiger partial charge on any atom is 0.209 e. The van der Waals surface area contributed by atoms with Gasteiger partial charge in [-0.2, -0.15) is 4.58 Å². The number of fused-ring (bicyclic) bond motifs is 1. The van der Waals surface area contributed by atoms with E-state index >= 15 is 0 Å². The lowest BCUT2D eigenvalue weighted by molar-refractivity contribution is -0.474. The molecule has 0 N–H and O–H groups in total. The first kappa shape index (κ1) is 18.8. The predicted octanol–water partition coefficient (Wildman–Crippen LogP) is 5.27. The molecule has 0 saturated carbocycles. The zero-order valence-corrected chi connectivity index (χ0v) is 16.0. The number of ketones is 1. The fraction of sp³-hybridized carbons (Fsp3) is 0.478. The quantitative estimate of drug-likeness (QED) is 0.396. The Morgan fingerprint density at radius 1 is 1.35 bits per heavy atom. The van der Waals surface area contributed by atoms with E-state index < -0.39 is 0 Å².